The monoisotopic (exact) mass is 248 g/mol. The third-order valence-electron chi connectivity index (χ3n) is 2.95. The number of rotatable bonds is 1. The highest BCUT2D eigenvalue weighted by Gasteiger charge is 2.40. The molecule has 0 bridgehead atoms. The van der Waals surface area contributed by atoms with E-state index in [4.69, 9.17) is 0 Å². The fraction of sp³-hybridized carbons (Fsp3) is 0.600. The minimum atomic E-state index is -4.48. The van der Waals surface area contributed by atoms with Crippen molar-refractivity contribution in [2.24, 2.45) is 5.92 Å². The summed E-state index contributed by atoms with van der Waals surface area (Å²) in [5, 5.41) is 5.67. The average molecular weight is 248 g/mol. The average Bonchev–Trinajstić information content (AvgIpc) is 2.70. The summed E-state index contributed by atoms with van der Waals surface area (Å²) >= 11 is 0. The summed E-state index contributed by atoms with van der Waals surface area (Å²) in [4.78, 5) is 11.3. The van der Waals surface area contributed by atoms with Crippen molar-refractivity contribution in [1.29, 1.82) is 0 Å². The van der Waals surface area contributed by atoms with E-state index < -0.39 is 23.8 Å². The second-order valence-corrected chi connectivity index (χ2v) is 3.99. The maximum Gasteiger partial charge on any atom is 0.435 e. The number of halogens is 3. The second-order valence-electron chi connectivity index (χ2n) is 3.99. The largest absolute Gasteiger partial charge is 0.469 e. The number of ether oxygens (including phenoxy) is 1. The molecule has 0 aromatic carbocycles. The number of hydrogen-bond acceptors (Lipinski definition) is 3. The van der Waals surface area contributed by atoms with Crippen LogP contribution >= 0.6 is 0 Å². The van der Waals surface area contributed by atoms with Crippen molar-refractivity contribution >= 4 is 5.97 Å². The molecule has 7 heteroatoms. The SMILES string of the molecule is COC(=O)[C@@H]1CCc2[nH]nc(C(F)(F)F)c2C1. The molecule has 1 aromatic rings. The number of methoxy groups -OCH3 is 1. The van der Waals surface area contributed by atoms with Crippen molar-refractivity contribution in [2.45, 2.75) is 25.4 Å². The third kappa shape index (κ3) is 2.13. The van der Waals surface area contributed by atoms with Gasteiger partial charge in [-0.05, 0) is 19.3 Å². The van der Waals surface area contributed by atoms with Gasteiger partial charge in [-0.3, -0.25) is 9.89 Å². The number of carbonyl (C=O) groups excluding carboxylic acids is 1. The topological polar surface area (TPSA) is 55.0 Å². The molecule has 0 saturated carbocycles. The number of fused-ring (bicyclic) bond motifs is 1. The van der Waals surface area contributed by atoms with Crippen molar-refractivity contribution in [2.75, 3.05) is 7.11 Å². The molecule has 0 aliphatic heterocycles. The summed E-state index contributed by atoms with van der Waals surface area (Å²) in [5.74, 6) is -0.976. The number of esters is 1. The Labute approximate surface area is 95.1 Å². The summed E-state index contributed by atoms with van der Waals surface area (Å²) in [6.07, 6.45) is -3.58. The molecule has 0 saturated heterocycles. The zero-order chi connectivity index (χ0) is 12.6. The highest BCUT2D eigenvalue weighted by Crippen LogP contribution is 2.36. The number of nitrogens with zero attached hydrogens (tertiary/aromatic N) is 1. The molecule has 94 valence electrons. The van der Waals surface area contributed by atoms with Crippen molar-refractivity contribution < 1.29 is 22.7 Å². The number of alkyl halides is 3. The standard InChI is InChI=1S/C10H11F3N2O2/c1-17-9(16)5-2-3-7-6(4-5)8(15-14-7)10(11,12)13/h5H,2-4H2,1H3,(H,14,15)/t5-/m1/s1. The Morgan fingerprint density at radius 3 is 2.82 bits per heavy atom. The molecule has 1 atom stereocenters. The van der Waals surface area contributed by atoms with Crippen LogP contribution in [0.5, 0.6) is 0 Å². The first kappa shape index (κ1) is 11.9. The zero-order valence-electron chi connectivity index (χ0n) is 9.10. The number of aromatic nitrogens is 2. The number of carbonyl (C=O) groups is 1. The molecule has 2 rings (SSSR count). The van der Waals surface area contributed by atoms with Crippen molar-refractivity contribution in [3.63, 3.8) is 0 Å². The Balaban J connectivity index is 2.29. The minimum absolute atomic E-state index is 0.0351. The molecule has 1 heterocycles. The van der Waals surface area contributed by atoms with Crippen molar-refractivity contribution in [3.05, 3.63) is 17.0 Å². The molecule has 1 aliphatic carbocycles. The number of H-pyrrole nitrogens is 1. The van der Waals surface area contributed by atoms with Crippen LogP contribution in [0, 0.1) is 5.92 Å². The van der Waals surface area contributed by atoms with Gasteiger partial charge < -0.3 is 4.74 Å². The Morgan fingerprint density at radius 1 is 1.53 bits per heavy atom. The number of aryl methyl sites for hydroxylation is 1. The maximum absolute atomic E-state index is 12.6. The lowest BCUT2D eigenvalue weighted by molar-refractivity contribution is -0.147. The summed E-state index contributed by atoms with van der Waals surface area (Å²) in [6, 6.07) is 0. The van der Waals surface area contributed by atoms with Crippen LogP contribution in [-0.4, -0.2) is 23.3 Å². The summed E-state index contributed by atoms with van der Waals surface area (Å²) in [5.41, 5.74) is -0.349. The molecule has 0 unspecified atom stereocenters. The quantitative estimate of drug-likeness (QED) is 0.770. The first-order chi connectivity index (χ1) is 7.93. The van der Waals surface area contributed by atoms with Gasteiger partial charge in [-0.2, -0.15) is 18.3 Å². The molecule has 1 aromatic heterocycles. The Kier molecular flexibility index (Phi) is 2.84. The molecule has 1 aliphatic rings. The van der Waals surface area contributed by atoms with Crippen LogP contribution in [0.15, 0.2) is 0 Å². The lowest BCUT2D eigenvalue weighted by Gasteiger charge is -2.20. The van der Waals surface area contributed by atoms with Crippen LogP contribution in [-0.2, 0) is 28.5 Å². The van der Waals surface area contributed by atoms with Gasteiger partial charge in [0.2, 0.25) is 0 Å². The third-order valence-corrected chi connectivity index (χ3v) is 2.95. The molecule has 4 nitrogen and oxygen atoms in total. The molecule has 0 spiro atoms. The second kappa shape index (κ2) is 4.05. The lowest BCUT2D eigenvalue weighted by atomic mass is 9.86. The van der Waals surface area contributed by atoms with Gasteiger partial charge >= 0.3 is 12.1 Å². The molecule has 0 amide bonds. The van der Waals surface area contributed by atoms with E-state index in [-0.39, 0.29) is 12.0 Å². The van der Waals surface area contributed by atoms with E-state index in [0.717, 1.165) is 0 Å². The Hall–Kier alpha value is -1.53. The predicted molar refractivity (Wildman–Crippen MR) is 51.1 cm³/mol. The summed E-state index contributed by atoms with van der Waals surface area (Å²) < 4.78 is 42.4. The lowest BCUT2D eigenvalue weighted by Crippen LogP contribution is -2.24. The fourth-order valence-electron chi connectivity index (χ4n) is 2.10. The molecular formula is C10H11F3N2O2. The zero-order valence-corrected chi connectivity index (χ0v) is 9.10. The summed E-state index contributed by atoms with van der Waals surface area (Å²) in [6.45, 7) is 0. The van der Waals surface area contributed by atoms with Gasteiger partial charge in [0.05, 0.1) is 13.0 Å². The molecule has 1 N–H and O–H groups in total. The molecule has 17 heavy (non-hydrogen) atoms. The minimum Gasteiger partial charge on any atom is -0.469 e. The van der Waals surface area contributed by atoms with E-state index in [9.17, 15) is 18.0 Å². The number of hydrogen-bond donors (Lipinski definition) is 1. The molecule has 0 fully saturated rings. The highest BCUT2D eigenvalue weighted by molar-refractivity contribution is 5.73. The van der Waals surface area contributed by atoms with Crippen LogP contribution in [0.4, 0.5) is 13.2 Å². The van der Waals surface area contributed by atoms with Crippen LogP contribution in [0.1, 0.15) is 23.4 Å². The van der Waals surface area contributed by atoms with Gasteiger partial charge in [-0.15, -0.1) is 0 Å². The fourth-order valence-corrected chi connectivity index (χ4v) is 2.10. The Bertz CT molecular complexity index is 439. The van der Waals surface area contributed by atoms with Gasteiger partial charge in [0.15, 0.2) is 5.69 Å². The van der Waals surface area contributed by atoms with Crippen LogP contribution in [0.3, 0.4) is 0 Å². The number of nitrogens with one attached hydrogen (secondary N) is 1. The van der Waals surface area contributed by atoms with Crippen LogP contribution in [0.2, 0.25) is 0 Å². The summed E-state index contributed by atoms with van der Waals surface area (Å²) in [7, 11) is 1.23. The van der Waals surface area contributed by atoms with E-state index >= 15 is 0 Å². The van der Waals surface area contributed by atoms with Gasteiger partial charge in [0.25, 0.3) is 0 Å². The smallest absolute Gasteiger partial charge is 0.435 e. The van der Waals surface area contributed by atoms with Crippen LogP contribution in [0.25, 0.3) is 0 Å². The highest BCUT2D eigenvalue weighted by atomic mass is 19.4. The van der Waals surface area contributed by atoms with E-state index in [1.807, 2.05) is 0 Å². The first-order valence-electron chi connectivity index (χ1n) is 5.14. The molecular weight excluding hydrogens is 237 g/mol. The molecule has 0 radical (unpaired) electrons. The van der Waals surface area contributed by atoms with Crippen molar-refractivity contribution in [3.8, 4) is 0 Å². The van der Waals surface area contributed by atoms with Gasteiger partial charge in [-0.25, -0.2) is 0 Å². The predicted octanol–water partition coefficient (Wildman–Crippen LogP) is 1.71. The van der Waals surface area contributed by atoms with Crippen molar-refractivity contribution in [1.82, 2.24) is 10.2 Å². The van der Waals surface area contributed by atoms with E-state index in [2.05, 4.69) is 14.9 Å². The Morgan fingerprint density at radius 2 is 2.24 bits per heavy atom. The van der Waals surface area contributed by atoms with Gasteiger partial charge in [0.1, 0.15) is 0 Å². The van der Waals surface area contributed by atoms with E-state index in [1.165, 1.54) is 7.11 Å². The first-order valence-corrected chi connectivity index (χ1v) is 5.14. The van der Waals surface area contributed by atoms with Crippen LogP contribution < -0.4 is 0 Å². The van der Waals surface area contributed by atoms with Gasteiger partial charge in [-0.1, -0.05) is 0 Å². The van der Waals surface area contributed by atoms with E-state index in [1.54, 1.807) is 0 Å². The van der Waals surface area contributed by atoms with E-state index in [0.29, 0.717) is 18.5 Å². The van der Waals surface area contributed by atoms with Gasteiger partial charge in [0, 0.05) is 11.3 Å². The number of aromatic amines is 1. The normalized spacial score (nSPS) is 19.9. The maximum atomic E-state index is 12.6.